The van der Waals surface area contributed by atoms with Crippen molar-refractivity contribution in [3.63, 3.8) is 0 Å². The van der Waals surface area contributed by atoms with Gasteiger partial charge in [0, 0.05) is 25.1 Å². The maximum Gasteiger partial charge on any atom is 0.265 e. The number of hydrogen-bond donors (Lipinski definition) is 3. The molecule has 1 amide bonds. The van der Waals surface area contributed by atoms with E-state index in [0.717, 1.165) is 11.0 Å². The first-order valence-electron chi connectivity index (χ1n) is 9.58. The molecular weight excluding hydrogens is 444 g/mol. The highest BCUT2D eigenvalue weighted by atomic mass is 32.2. The Morgan fingerprint density at radius 1 is 0.806 bits per heavy atom. The molecule has 0 aliphatic carbocycles. The van der Waals surface area contributed by atoms with E-state index in [1.165, 1.54) is 0 Å². The molecule has 11 heteroatoms. The van der Waals surface area contributed by atoms with Crippen molar-refractivity contribution in [2.75, 3.05) is 18.1 Å². The summed E-state index contributed by atoms with van der Waals surface area (Å²) in [6.45, 7) is 0.390. The number of para-hydroxylation sites is 2. The second kappa shape index (κ2) is 9.27. The van der Waals surface area contributed by atoms with Crippen LogP contribution in [0, 0.1) is 0 Å². The van der Waals surface area contributed by atoms with Crippen LogP contribution < -0.4 is 9.88 Å². The number of aromatic nitrogens is 1. The van der Waals surface area contributed by atoms with E-state index in [4.69, 9.17) is 9.11 Å². The van der Waals surface area contributed by atoms with E-state index >= 15 is 0 Å². The Kier molecular flexibility index (Phi) is 6.90. The molecule has 3 rings (SSSR count). The van der Waals surface area contributed by atoms with E-state index in [9.17, 15) is 21.6 Å². The van der Waals surface area contributed by atoms with Gasteiger partial charge in [-0.3, -0.25) is 13.9 Å². The first kappa shape index (κ1) is 23.1. The van der Waals surface area contributed by atoms with Crippen LogP contribution in [-0.4, -0.2) is 49.9 Å². The highest BCUT2D eigenvalue weighted by Crippen LogP contribution is 2.25. The van der Waals surface area contributed by atoms with E-state index in [0.29, 0.717) is 22.9 Å². The SMILES string of the molecule is O=C(NCCCS(=O)(=O)O)c1c2ccccc2[n+](CCCS(=O)(=O)O)c2ccccc12. The molecule has 31 heavy (non-hydrogen) atoms. The summed E-state index contributed by atoms with van der Waals surface area (Å²) in [7, 11) is -8.18. The summed E-state index contributed by atoms with van der Waals surface area (Å²) in [4.78, 5) is 13.0. The minimum absolute atomic E-state index is 0.0723. The molecule has 166 valence electrons. The van der Waals surface area contributed by atoms with Gasteiger partial charge in [-0.25, -0.2) is 0 Å². The van der Waals surface area contributed by atoms with Crippen LogP contribution in [0.5, 0.6) is 0 Å². The van der Waals surface area contributed by atoms with Crippen molar-refractivity contribution in [1.82, 2.24) is 5.32 Å². The maximum atomic E-state index is 13.0. The van der Waals surface area contributed by atoms with Crippen molar-refractivity contribution < 1.29 is 35.3 Å². The average molecular weight is 468 g/mol. The van der Waals surface area contributed by atoms with Crippen LogP contribution in [0.1, 0.15) is 23.2 Å². The van der Waals surface area contributed by atoms with Crippen LogP contribution in [0.15, 0.2) is 48.5 Å². The van der Waals surface area contributed by atoms with Crippen molar-refractivity contribution in [3.8, 4) is 0 Å². The van der Waals surface area contributed by atoms with Crippen molar-refractivity contribution in [3.05, 3.63) is 54.1 Å². The van der Waals surface area contributed by atoms with E-state index in [1.807, 2.05) is 28.8 Å². The van der Waals surface area contributed by atoms with Crippen molar-refractivity contribution in [1.29, 1.82) is 0 Å². The molecule has 0 spiro atoms. The Hall–Kier alpha value is -2.60. The van der Waals surface area contributed by atoms with Crippen molar-refractivity contribution >= 4 is 47.9 Å². The summed E-state index contributed by atoms with van der Waals surface area (Å²) >= 11 is 0. The molecule has 0 atom stereocenters. The van der Waals surface area contributed by atoms with Gasteiger partial charge in [-0.2, -0.15) is 21.4 Å². The van der Waals surface area contributed by atoms with Crippen LogP contribution in [0.25, 0.3) is 21.8 Å². The summed E-state index contributed by atoms with van der Waals surface area (Å²) in [5, 5.41) is 4.01. The zero-order chi connectivity index (χ0) is 22.6. The third kappa shape index (κ3) is 5.97. The summed E-state index contributed by atoms with van der Waals surface area (Å²) in [6.07, 6.45) is 0.265. The molecule has 0 radical (unpaired) electrons. The predicted molar refractivity (Wildman–Crippen MR) is 116 cm³/mol. The maximum absolute atomic E-state index is 13.0. The number of fused-ring (bicyclic) bond motifs is 2. The van der Waals surface area contributed by atoms with Crippen LogP contribution in [0.2, 0.25) is 0 Å². The Morgan fingerprint density at radius 2 is 1.29 bits per heavy atom. The summed E-state index contributed by atoms with van der Waals surface area (Å²) in [6, 6.07) is 14.4. The molecule has 0 saturated heterocycles. The van der Waals surface area contributed by atoms with Gasteiger partial charge < -0.3 is 5.32 Å². The molecule has 0 aliphatic heterocycles. The van der Waals surface area contributed by atoms with E-state index in [1.54, 1.807) is 24.3 Å². The predicted octanol–water partition coefficient (Wildman–Crippen LogP) is 1.57. The van der Waals surface area contributed by atoms with Crippen LogP contribution >= 0.6 is 0 Å². The van der Waals surface area contributed by atoms with Gasteiger partial charge in [0.1, 0.15) is 0 Å². The smallest absolute Gasteiger partial charge is 0.265 e. The number of carbonyl (C=O) groups is 1. The molecule has 3 aromatic rings. The number of nitrogens with one attached hydrogen (secondary N) is 1. The number of nitrogens with zero attached hydrogens (tertiary/aromatic N) is 1. The molecule has 0 unspecified atom stereocenters. The number of aryl methyl sites for hydroxylation is 1. The van der Waals surface area contributed by atoms with Crippen molar-refractivity contribution in [2.24, 2.45) is 0 Å². The first-order chi connectivity index (χ1) is 14.6. The Balaban J connectivity index is 2.02. The van der Waals surface area contributed by atoms with Crippen LogP contribution in [0.3, 0.4) is 0 Å². The minimum Gasteiger partial charge on any atom is -0.352 e. The molecule has 0 bridgehead atoms. The zero-order valence-electron chi connectivity index (χ0n) is 16.6. The van der Waals surface area contributed by atoms with Gasteiger partial charge in [0.25, 0.3) is 26.1 Å². The Bertz CT molecular complexity index is 1280. The molecule has 1 heterocycles. The first-order valence-corrected chi connectivity index (χ1v) is 12.8. The molecule has 2 aromatic carbocycles. The van der Waals surface area contributed by atoms with Crippen molar-refractivity contribution in [2.45, 2.75) is 19.4 Å². The molecule has 9 nitrogen and oxygen atoms in total. The van der Waals surface area contributed by atoms with Gasteiger partial charge in [0.15, 0.2) is 6.54 Å². The van der Waals surface area contributed by atoms with Gasteiger partial charge >= 0.3 is 0 Å². The molecular formula is C20H23N2O7S2+. The average Bonchev–Trinajstić information content (AvgIpc) is 2.69. The van der Waals surface area contributed by atoms with Crippen LogP contribution in [0.4, 0.5) is 0 Å². The lowest BCUT2D eigenvalue weighted by Gasteiger charge is -2.12. The van der Waals surface area contributed by atoms with Crippen LogP contribution in [-0.2, 0) is 26.8 Å². The second-order valence-electron chi connectivity index (χ2n) is 7.10. The van der Waals surface area contributed by atoms with E-state index < -0.39 is 26.0 Å². The lowest BCUT2D eigenvalue weighted by molar-refractivity contribution is -0.645. The highest BCUT2D eigenvalue weighted by Gasteiger charge is 2.24. The monoisotopic (exact) mass is 467 g/mol. The number of pyridine rings is 1. The van der Waals surface area contributed by atoms with Gasteiger partial charge in [-0.15, -0.1) is 0 Å². The highest BCUT2D eigenvalue weighted by molar-refractivity contribution is 7.86. The Labute approximate surface area is 180 Å². The lowest BCUT2D eigenvalue weighted by Crippen LogP contribution is -2.38. The normalized spacial score (nSPS) is 12.3. The van der Waals surface area contributed by atoms with Gasteiger partial charge in [0.05, 0.1) is 27.8 Å². The molecule has 0 aliphatic rings. The van der Waals surface area contributed by atoms with Gasteiger partial charge in [-0.1, -0.05) is 24.3 Å². The van der Waals surface area contributed by atoms with E-state index in [-0.39, 0.29) is 31.0 Å². The standard InChI is InChI=1S/C20H22N2O7S2/c23-20(21-11-5-13-30(24,25)26)19-15-7-1-3-9-17(15)22(12-6-14-31(27,28)29)18-10-4-2-8-16(18)19/h1-4,7-10H,5-6,11-14H2,(H2-,21,23,24,25,26,27,28,29)/p+1. The van der Waals surface area contributed by atoms with Gasteiger partial charge in [-0.05, 0) is 18.6 Å². The molecule has 3 N–H and O–H groups in total. The number of hydrogen-bond acceptors (Lipinski definition) is 5. The van der Waals surface area contributed by atoms with E-state index in [2.05, 4.69) is 5.32 Å². The summed E-state index contributed by atoms with van der Waals surface area (Å²) < 4.78 is 63.8. The minimum atomic E-state index is -4.10. The summed E-state index contributed by atoms with van der Waals surface area (Å²) in [5.74, 6) is -1.21. The third-order valence-corrected chi connectivity index (χ3v) is 6.41. The number of amides is 1. The fourth-order valence-corrected chi connectivity index (χ4v) is 4.55. The second-order valence-corrected chi connectivity index (χ2v) is 10.2. The molecule has 1 aromatic heterocycles. The summed E-state index contributed by atoms with van der Waals surface area (Å²) in [5.41, 5.74) is 1.86. The third-order valence-electron chi connectivity index (χ3n) is 4.80. The quantitative estimate of drug-likeness (QED) is 0.188. The number of rotatable bonds is 9. The molecule has 0 fully saturated rings. The fourth-order valence-electron chi connectivity index (χ4n) is 3.55. The van der Waals surface area contributed by atoms with Gasteiger partial charge in [0.2, 0.25) is 11.0 Å². The number of benzene rings is 2. The topological polar surface area (TPSA) is 142 Å². The fraction of sp³-hybridized carbons (Fsp3) is 0.300. The molecule has 0 saturated carbocycles. The zero-order valence-corrected chi connectivity index (χ0v) is 18.2. The number of carbonyl (C=O) groups excluding carboxylic acids is 1. The lowest BCUT2D eigenvalue weighted by atomic mass is 10.0. The largest absolute Gasteiger partial charge is 0.352 e. The Morgan fingerprint density at radius 3 is 1.81 bits per heavy atom.